The zero-order valence-corrected chi connectivity index (χ0v) is 10.9. The van der Waals surface area contributed by atoms with Crippen LogP contribution < -0.4 is 0 Å². The van der Waals surface area contributed by atoms with Crippen LogP contribution in [-0.2, 0) is 10.2 Å². The molecular formula is C18H13NO. The first-order valence-electron chi connectivity index (χ1n) is 6.75. The average Bonchev–Trinajstić information content (AvgIpc) is 3.03. The predicted octanol–water partition coefficient (Wildman–Crippen LogP) is 3.70. The number of ketones is 1. The van der Waals surface area contributed by atoms with Crippen LogP contribution in [0.4, 0.5) is 5.69 Å². The van der Waals surface area contributed by atoms with Gasteiger partial charge in [-0.2, -0.15) is 0 Å². The van der Waals surface area contributed by atoms with Crippen molar-refractivity contribution in [3.8, 4) is 0 Å². The second-order valence-corrected chi connectivity index (χ2v) is 5.31. The third kappa shape index (κ3) is 1.45. The van der Waals surface area contributed by atoms with Crippen molar-refractivity contribution in [1.82, 2.24) is 0 Å². The lowest BCUT2D eigenvalue weighted by Gasteiger charge is -2.25. The number of rotatable bonds is 1. The highest BCUT2D eigenvalue weighted by molar-refractivity contribution is 6.15. The van der Waals surface area contributed by atoms with Crippen LogP contribution >= 0.6 is 0 Å². The first-order chi connectivity index (χ1) is 9.79. The molecule has 0 unspecified atom stereocenters. The maximum atomic E-state index is 12.1. The first-order valence-corrected chi connectivity index (χ1v) is 6.75. The van der Waals surface area contributed by atoms with Gasteiger partial charge in [0.25, 0.3) is 0 Å². The molecule has 1 heterocycles. The Morgan fingerprint density at radius 3 is 2.55 bits per heavy atom. The zero-order valence-electron chi connectivity index (χ0n) is 10.9. The highest BCUT2D eigenvalue weighted by atomic mass is 16.1. The van der Waals surface area contributed by atoms with Crippen LogP contribution in [0.15, 0.2) is 65.7 Å². The third-order valence-corrected chi connectivity index (χ3v) is 4.13. The van der Waals surface area contributed by atoms with E-state index in [-0.39, 0.29) is 11.2 Å². The van der Waals surface area contributed by atoms with Crippen molar-refractivity contribution in [2.75, 3.05) is 0 Å². The Bertz CT molecular complexity index is 758. The van der Waals surface area contributed by atoms with Gasteiger partial charge in [0.2, 0.25) is 0 Å². The van der Waals surface area contributed by atoms with E-state index in [1.165, 1.54) is 0 Å². The Morgan fingerprint density at radius 1 is 0.950 bits per heavy atom. The molecular weight excluding hydrogens is 246 g/mol. The maximum Gasteiger partial charge on any atom is 0.157 e. The summed E-state index contributed by atoms with van der Waals surface area (Å²) >= 11 is 0. The molecule has 2 nitrogen and oxygen atoms in total. The number of carbonyl (C=O) groups excluding carboxylic acids is 1. The Labute approximate surface area is 117 Å². The molecule has 0 N–H and O–H groups in total. The molecule has 1 aliphatic heterocycles. The number of para-hydroxylation sites is 1. The molecule has 96 valence electrons. The minimum absolute atomic E-state index is 0.173. The van der Waals surface area contributed by atoms with Gasteiger partial charge in [-0.25, -0.2) is 0 Å². The van der Waals surface area contributed by atoms with Crippen molar-refractivity contribution < 1.29 is 4.79 Å². The van der Waals surface area contributed by atoms with Crippen LogP contribution in [0.25, 0.3) is 5.57 Å². The van der Waals surface area contributed by atoms with E-state index in [4.69, 9.17) is 0 Å². The van der Waals surface area contributed by atoms with Crippen LogP contribution in [0.3, 0.4) is 0 Å². The number of hydrogen-bond acceptors (Lipinski definition) is 2. The number of allylic oxidation sites excluding steroid dienone is 2. The molecule has 2 aromatic rings. The van der Waals surface area contributed by atoms with Crippen LogP contribution in [0.2, 0.25) is 0 Å². The van der Waals surface area contributed by atoms with Crippen molar-refractivity contribution in [3.05, 3.63) is 71.8 Å². The normalized spacial score (nSPS) is 23.2. The minimum atomic E-state index is -0.366. The number of hydrogen-bond donors (Lipinski definition) is 0. The average molecular weight is 259 g/mol. The second kappa shape index (κ2) is 4.01. The molecule has 4 rings (SSSR count). The standard InChI is InChI=1S/C18H13NO/c20-14-10-16(13-6-2-1-3-7-13)18(11-14)12-19-17-9-5-4-8-15(17)18/h1-10,12H,11H2/t18-/m0/s1. The first kappa shape index (κ1) is 11.4. The maximum absolute atomic E-state index is 12.1. The Kier molecular flexibility index (Phi) is 2.27. The highest BCUT2D eigenvalue weighted by Gasteiger charge is 2.45. The minimum Gasteiger partial charge on any atom is -0.295 e. The molecule has 0 saturated carbocycles. The fourth-order valence-electron chi connectivity index (χ4n) is 3.24. The Morgan fingerprint density at radius 2 is 1.70 bits per heavy atom. The molecule has 1 spiro atoms. The SMILES string of the molecule is O=C1C=C(c2ccccc2)[C@]2(C=Nc3ccccc32)C1. The molecule has 0 aromatic heterocycles. The monoisotopic (exact) mass is 259 g/mol. The van der Waals surface area contributed by atoms with Gasteiger partial charge in [0, 0.05) is 12.6 Å². The summed E-state index contributed by atoms with van der Waals surface area (Å²) in [5, 5.41) is 0. The summed E-state index contributed by atoms with van der Waals surface area (Å²) in [6.07, 6.45) is 4.21. The highest BCUT2D eigenvalue weighted by Crippen LogP contribution is 2.50. The summed E-state index contributed by atoms with van der Waals surface area (Å²) in [6.45, 7) is 0. The second-order valence-electron chi connectivity index (χ2n) is 5.31. The molecule has 2 aliphatic rings. The number of benzene rings is 2. The lowest BCUT2D eigenvalue weighted by Crippen LogP contribution is -2.25. The van der Waals surface area contributed by atoms with Gasteiger partial charge in [0.15, 0.2) is 5.78 Å². The van der Waals surface area contributed by atoms with E-state index in [2.05, 4.69) is 23.2 Å². The lowest BCUT2D eigenvalue weighted by atomic mass is 9.74. The van der Waals surface area contributed by atoms with Crippen molar-refractivity contribution in [1.29, 1.82) is 0 Å². The quantitative estimate of drug-likeness (QED) is 0.767. The van der Waals surface area contributed by atoms with Gasteiger partial charge >= 0.3 is 0 Å². The number of aliphatic imine (C=N–C) groups is 1. The molecule has 0 saturated heterocycles. The molecule has 2 heteroatoms. The van der Waals surface area contributed by atoms with Gasteiger partial charge in [-0.3, -0.25) is 9.79 Å². The van der Waals surface area contributed by atoms with E-state index in [0.29, 0.717) is 6.42 Å². The molecule has 20 heavy (non-hydrogen) atoms. The topological polar surface area (TPSA) is 29.4 Å². The summed E-state index contributed by atoms with van der Waals surface area (Å²) in [7, 11) is 0. The van der Waals surface area contributed by atoms with Crippen LogP contribution in [0, 0.1) is 0 Å². The van der Waals surface area contributed by atoms with Gasteiger partial charge in [-0.1, -0.05) is 48.5 Å². The summed E-state index contributed by atoms with van der Waals surface area (Å²) in [5.41, 5.74) is 3.91. The third-order valence-electron chi connectivity index (χ3n) is 4.13. The molecule has 1 aliphatic carbocycles. The van der Waals surface area contributed by atoms with E-state index in [0.717, 1.165) is 22.4 Å². The fourth-order valence-corrected chi connectivity index (χ4v) is 3.24. The van der Waals surface area contributed by atoms with E-state index in [9.17, 15) is 4.79 Å². The molecule has 0 radical (unpaired) electrons. The van der Waals surface area contributed by atoms with Crippen molar-refractivity contribution in [2.24, 2.45) is 4.99 Å². The van der Waals surface area contributed by atoms with Crippen molar-refractivity contribution in [3.63, 3.8) is 0 Å². The van der Waals surface area contributed by atoms with Gasteiger partial charge in [-0.05, 0) is 28.8 Å². The van der Waals surface area contributed by atoms with E-state index < -0.39 is 0 Å². The van der Waals surface area contributed by atoms with E-state index in [1.807, 2.05) is 42.6 Å². The van der Waals surface area contributed by atoms with Gasteiger partial charge in [-0.15, -0.1) is 0 Å². The molecule has 1 atom stereocenters. The Balaban J connectivity index is 1.94. The van der Waals surface area contributed by atoms with Crippen molar-refractivity contribution in [2.45, 2.75) is 11.8 Å². The van der Waals surface area contributed by atoms with Crippen molar-refractivity contribution >= 4 is 23.3 Å². The van der Waals surface area contributed by atoms with Gasteiger partial charge in [0.05, 0.1) is 11.1 Å². The smallest absolute Gasteiger partial charge is 0.157 e. The van der Waals surface area contributed by atoms with Crippen LogP contribution in [0.5, 0.6) is 0 Å². The lowest BCUT2D eigenvalue weighted by molar-refractivity contribution is -0.114. The van der Waals surface area contributed by atoms with Gasteiger partial charge in [0.1, 0.15) is 0 Å². The largest absolute Gasteiger partial charge is 0.295 e. The molecule has 0 bridgehead atoms. The number of fused-ring (bicyclic) bond motifs is 2. The van der Waals surface area contributed by atoms with E-state index in [1.54, 1.807) is 6.08 Å². The Hall–Kier alpha value is -2.48. The summed E-state index contributed by atoms with van der Waals surface area (Å²) in [6, 6.07) is 18.2. The van der Waals surface area contributed by atoms with Gasteiger partial charge < -0.3 is 0 Å². The fraction of sp³-hybridized carbons (Fsp3) is 0.111. The van der Waals surface area contributed by atoms with Crippen LogP contribution in [0.1, 0.15) is 17.5 Å². The summed E-state index contributed by atoms with van der Waals surface area (Å²) < 4.78 is 0. The molecule has 0 amide bonds. The molecule has 0 fully saturated rings. The van der Waals surface area contributed by atoms with E-state index >= 15 is 0 Å². The number of carbonyl (C=O) groups is 1. The summed E-state index contributed by atoms with van der Waals surface area (Å²) in [4.78, 5) is 16.6. The zero-order chi connectivity index (χ0) is 13.6. The number of nitrogens with zero attached hydrogens (tertiary/aromatic N) is 1. The molecule has 2 aromatic carbocycles. The predicted molar refractivity (Wildman–Crippen MR) is 80.3 cm³/mol. The summed E-state index contributed by atoms with van der Waals surface area (Å²) in [5.74, 6) is 0.173. The van der Waals surface area contributed by atoms with Crippen LogP contribution in [-0.4, -0.2) is 12.0 Å².